The summed E-state index contributed by atoms with van der Waals surface area (Å²) in [7, 11) is -3.52. The van der Waals surface area contributed by atoms with E-state index in [4.69, 9.17) is 23.2 Å². The van der Waals surface area contributed by atoms with Crippen molar-refractivity contribution in [2.24, 2.45) is 0 Å². The van der Waals surface area contributed by atoms with E-state index in [0.717, 1.165) is 19.1 Å². The van der Waals surface area contributed by atoms with Crippen molar-refractivity contribution in [3.8, 4) is 0 Å². The molecule has 0 unspecified atom stereocenters. The first-order valence-corrected chi connectivity index (χ1v) is 10.1. The van der Waals surface area contributed by atoms with Crippen LogP contribution < -0.4 is 9.62 Å². The van der Waals surface area contributed by atoms with E-state index >= 15 is 0 Å². The minimum atomic E-state index is -3.52. The molecule has 0 bridgehead atoms. The van der Waals surface area contributed by atoms with Crippen LogP contribution in [-0.4, -0.2) is 33.7 Å². The van der Waals surface area contributed by atoms with Gasteiger partial charge in [-0.1, -0.05) is 36.5 Å². The number of sulfonamides is 1. The first kappa shape index (κ1) is 20.1. The monoisotopic (exact) mass is 380 g/mol. The molecule has 8 heteroatoms. The summed E-state index contributed by atoms with van der Waals surface area (Å²) in [4.78, 5) is 11.7. The van der Waals surface area contributed by atoms with Crippen LogP contribution in [0, 0.1) is 0 Å². The summed E-state index contributed by atoms with van der Waals surface area (Å²) >= 11 is 12.0. The SMILES string of the molecule is CCCCNC(=O)CCCN(c1cc(Cl)ccc1Cl)S(C)(=O)=O. The van der Waals surface area contributed by atoms with E-state index in [1.807, 2.05) is 6.92 Å². The van der Waals surface area contributed by atoms with Crippen molar-refractivity contribution in [1.82, 2.24) is 5.32 Å². The van der Waals surface area contributed by atoms with Crippen molar-refractivity contribution in [2.75, 3.05) is 23.7 Å². The van der Waals surface area contributed by atoms with Crippen molar-refractivity contribution < 1.29 is 13.2 Å². The van der Waals surface area contributed by atoms with E-state index in [0.29, 0.717) is 28.7 Å². The van der Waals surface area contributed by atoms with Crippen molar-refractivity contribution >= 4 is 44.8 Å². The van der Waals surface area contributed by atoms with Gasteiger partial charge in [-0.15, -0.1) is 0 Å². The van der Waals surface area contributed by atoms with Gasteiger partial charge < -0.3 is 5.32 Å². The topological polar surface area (TPSA) is 66.5 Å². The van der Waals surface area contributed by atoms with Crippen LogP contribution in [-0.2, 0) is 14.8 Å². The van der Waals surface area contributed by atoms with E-state index in [1.165, 1.54) is 10.4 Å². The Kier molecular flexibility index (Phi) is 8.16. The number of carbonyl (C=O) groups excluding carboxylic acids is 1. The fraction of sp³-hybridized carbons (Fsp3) is 0.533. The number of benzene rings is 1. The molecule has 0 aliphatic heterocycles. The molecule has 0 saturated carbocycles. The van der Waals surface area contributed by atoms with E-state index in [-0.39, 0.29) is 18.9 Å². The third kappa shape index (κ3) is 6.97. The van der Waals surface area contributed by atoms with Crippen molar-refractivity contribution in [3.05, 3.63) is 28.2 Å². The van der Waals surface area contributed by atoms with Gasteiger partial charge in [0.05, 0.1) is 17.0 Å². The van der Waals surface area contributed by atoms with Gasteiger partial charge in [-0.25, -0.2) is 8.42 Å². The highest BCUT2D eigenvalue weighted by molar-refractivity contribution is 7.92. The number of halogens is 2. The third-order valence-electron chi connectivity index (χ3n) is 3.19. The van der Waals surface area contributed by atoms with Gasteiger partial charge in [0.1, 0.15) is 0 Å². The summed E-state index contributed by atoms with van der Waals surface area (Å²) in [5.74, 6) is -0.0795. The molecule has 0 fully saturated rings. The van der Waals surface area contributed by atoms with Crippen molar-refractivity contribution in [1.29, 1.82) is 0 Å². The number of rotatable bonds is 9. The molecule has 1 amide bonds. The third-order valence-corrected chi connectivity index (χ3v) is 4.93. The van der Waals surface area contributed by atoms with Crippen LogP contribution >= 0.6 is 23.2 Å². The predicted octanol–water partition coefficient (Wildman–Crippen LogP) is 3.46. The first-order chi connectivity index (χ1) is 10.8. The molecule has 0 radical (unpaired) electrons. The molecule has 0 aliphatic rings. The molecular weight excluding hydrogens is 359 g/mol. The van der Waals surface area contributed by atoms with Crippen LogP contribution in [0.4, 0.5) is 5.69 Å². The van der Waals surface area contributed by atoms with Gasteiger partial charge >= 0.3 is 0 Å². The van der Waals surface area contributed by atoms with E-state index in [2.05, 4.69) is 5.32 Å². The minimum Gasteiger partial charge on any atom is -0.356 e. The Morgan fingerprint density at radius 1 is 1.26 bits per heavy atom. The quantitative estimate of drug-likeness (QED) is 0.667. The lowest BCUT2D eigenvalue weighted by Crippen LogP contribution is -2.32. The van der Waals surface area contributed by atoms with Gasteiger partial charge in [0.2, 0.25) is 15.9 Å². The second-order valence-electron chi connectivity index (χ2n) is 5.24. The largest absolute Gasteiger partial charge is 0.356 e. The number of anilines is 1. The highest BCUT2D eigenvalue weighted by Crippen LogP contribution is 2.30. The van der Waals surface area contributed by atoms with Crippen LogP contribution in [0.15, 0.2) is 18.2 Å². The average molecular weight is 381 g/mol. The molecular formula is C15H22Cl2N2O3S. The molecule has 1 N–H and O–H groups in total. The second kappa shape index (κ2) is 9.35. The van der Waals surface area contributed by atoms with Gasteiger partial charge in [0.15, 0.2) is 0 Å². The standard InChI is InChI=1S/C15H22Cl2N2O3S/c1-3-4-9-18-15(20)6-5-10-19(23(2,21)22)14-11-12(16)7-8-13(14)17/h7-8,11H,3-6,9-10H2,1-2H3,(H,18,20). The molecule has 1 rings (SSSR count). The summed E-state index contributed by atoms with van der Waals surface area (Å²) in [6.45, 7) is 2.86. The van der Waals surface area contributed by atoms with Crippen LogP contribution in [0.3, 0.4) is 0 Å². The Labute approximate surface area is 148 Å². The number of nitrogens with zero attached hydrogens (tertiary/aromatic N) is 1. The van der Waals surface area contributed by atoms with E-state index in [1.54, 1.807) is 12.1 Å². The highest BCUT2D eigenvalue weighted by Gasteiger charge is 2.20. The highest BCUT2D eigenvalue weighted by atomic mass is 35.5. The molecule has 0 heterocycles. The van der Waals surface area contributed by atoms with Crippen LogP contribution in [0.2, 0.25) is 10.0 Å². The molecule has 0 aliphatic carbocycles. The summed E-state index contributed by atoms with van der Waals surface area (Å²) in [6.07, 6.45) is 3.70. The van der Waals surface area contributed by atoms with Gasteiger partial charge in [-0.2, -0.15) is 0 Å². The lowest BCUT2D eigenvalue weighted by molar-refractivity contribution is -0.121. The summed E-state index contributed by atoms with van der Waals surface area (Å²) in [5.41, 5.74) is 0.327. The molecule has 1 aromatic rings. The van der Waals surface area contributed by atoms with Gasteiger partial charge in [-0.05, 0) is 31.0 Å². The van der Waals surface area contributed by atoms with Crippen LogP contribution in [0.5, 0.6) is 0 Å². The Hall–Kier alpha value is -0.980. The molecule has 1 aromatic carbocycles. The Bertz CT molecular complexity index is 636. The molecule has 5 nitrogen and oxygen atoms in total. The first-order valence-electron chi connectivity index (χ1n) is 7.45. The molecule has 130 valence electrons. The zero-order valence-electron chi connectivity index (χ0n) is 13.3. The number of unbranched alkanes of at least 4 members (excludes halogenated alkanes) is 1. The smallest absolute Gasteiger partial charge is 0.232 e. The molecule has 0 aromatic heterocycles. The van der Waals surface area contributed by atoms with E-state index in [9.17, 15) is 13.2 Å². The zero-order chi connectivity index (χ0) is 17.5. The zero-order valence-corrected chi connectivity index (χ0v) is 15.6. The lowest BCUT2D eigenvalue weighted by atomic mass is 10.2. The normalized spacial score (nSPS) is 11.3. The van der Waals surface area contributed by atoms with Gasteiger partial charge in [-0.3, -0.25) is 9.10 Å². The Morgan fingerprint density at radius 2 is 1.96 bits per heavy atom. The number of nitrogens with one attached hydrogen (secondary N) is 1. The second-order valence-corrected chi connectivity index (χ2v) is 7.99. The van der Waals surface area contributed by atoms with E-state index < -0.39 is 10.0 Å². The van der Waals surface area contributed by atoms with Crippen LogP contribution in [0.25, 0.3) is 0 Å². The summed E-state index contributed by atoms with van der Waals surface area (Å²) < 4.78 is 25.2. The Balaban J connectivity index is 2.71. The summed E-state index contributed by atoms with van der Waals surface area (Å²) in [5, 5.41) is 3.50. The molecule has 23 heavy (non-hydrogen) atoms. The average Bonchev–Trinajstić information content (AvgIpc) is 2.45. The Morgan fingerprint density at radius 3 is 2.57 bits per heavy atom. The maximum Gasteiger partial charge on any atom is 0.232 e. The number of carbonyl (C=O) groups is 1. The van der Waals surface area contributed by atoms with Crippen LogP contribution in [0.1, 0.15) is 32.6 Å². The van der Waals surface area contributed by atoms with Gasteiger partial charge in [0.25, 0.3) is 0 Å². The maximum atomic E-state index is 12.0. The van der Waals surface area contributed by atoms with Crippen molar-refractivity contribution in [3.63, 3.8) is 0 Å². The summed E-state index contributed by atoms with van der Waals surface area (Å²) in [6, 6.07) is 4.65. The number of hydrogen-bond acceptors (Lipinski definition) is 3. The van der Waals surface area contributed by atoms with Gasteiger partial charge in [0, 0.05) is 24.5 Å². The fourth-order valence-electron chi connectivity index (χ4n) is 2.02. The number of amides is 1. The predicted molar refractivity (Wildman–Crippen MR) is 95.8 cm³/mol. The lowest BCUT2D eigenvalue weighted by Gasteiger charge is -2.23. The molecule has 0 saturated heterocycles. The maximum absolute atomic E-state index is 12.0. The minimum absolute atomic E-state index is 0.0795. The molecule has 0 atom stereocenters. The molecule has 0 spiro atoms. The fourth-order valence-corrected chi connectivity index (χ4v) is 3.42. The number of hydrogen-bond donors (Lipinski definition) is 1. The van der Waals surface area contributed by atoms with Crippen molar-refractivity contribution in [2.45, 2.75) is 32.6 Å².